The molecule has 1 aromatic rings. The molecule has 8 nitrogen and oxygen atoms in total. The van der Waals surface area contributed by atoms with E-state index in [1.54, 1.807) is 6.92 Å². The van der Waals surface area contributed by atoms with Crippen LogP contribution in [0.15, 0.2) is 5.10 Å². The zero-order chi connectivity index (χ0) is 17.2. The van der Waals surface area contributed by atoms with Crippen LogP contribution in [0.25, 0.3) is 0 Å². The van der Waals surface area contributed by atoms with Crippen molar-refractivity contribution in [3.63, 3.8) is 0 Å². The molecular formula is C13H20FN5O3S. The summed E-state index contributed by atoms with van der Waals surface area (Å²) in [4.78, 5) is 12.1. The number of amides is 1. The number of aryl methyl sites for hydroxylation is 2. The average Bonchev–Trinajstić information content (AvgIpc) is 2.72. The summed E-state index contributed by atoms with van der Waals surface area (Å²) >= 11 is 0. The largest absolute Gasteiger partial charge is 0.273 e. The predicted molar refractivity (Wildman–Crippen MR) is 82.8 cm³/mol. The summed E-state index contributed by atoms with van der Waals surface area (Å²) in [5, 5.41) is 7.65. The number of nitrogens with one attached hydrogen (secondary N) is 1. The quantitative estimate of drug-likeness (QED) is 0.613. The van der Waals surface area contributed by atoms with Gasteiger partial charge in [-0.2, -0.15) is 14.6 Å². The van der Waals surface area contributed by atoms with Crippen LogP contribution >= 0.6 is 0 Å². The second kappa shape index (κ2) is 6.75. The Morgan fingerprint density at radius 3 is 2.78 bits per heavy atom. The van der Waals surface area contributed by atoms with Gasteiger partial charge in [0, 0.05) is 20.1 Å². The topological polar surface area (TPSA) is 96.7 Å². The van der Waals surface area contributed by atoms with Crippen LogP contribution in [-0.2, 0) is 21.9 Å². The molecule has 0 aromatic carbocycles. The van der Waals surface area contributed by atoms with Crippen molar-refractivity contribution >= 4 is 22.1 Å². The van der Waals surface area contributed by atoms with Crippen LogP contribution in [0.5, 0.6) is 0 Å². The molecule has 1 amide bonds. The Morgan fingerprint density at radius 2 is 2.22 bits per heavy atom. The second-order valence-electron chi connectivity index (χ2n) is 5.61. The van der Waals surface area contributed by atoms with E-state index < -0.39 is 21.9 Å². The van der Waals surface area contributed by atoms with Gasteiger partial charge in [0.25, 0.3) is 0 Å². The van der Waals surface area contributed by atoms with Gasteiger partial charge in [-0.15, -0.1) is 0 Å². The summed E-state index contributed by atoms with van der Waals surface area (Å²) in [6.45, 7) is 2.20. The Balaban J connectivity index is 1.98. The maximum Gasteiger partial charge on any atom is 0.244 e. The number of nitrogens with zero attached hydrogens (tertiary/aromatic N) is 4. The standard InChI is InChI=1S/C13H20FN5O3S/c1-9-11(12(14)18(2)17-9)7-15-16-13(20)10-5-4-6-19(8-10)23(3,21)22/h7,10H,4-6,8H2,1-3H3,(H,16,20). The Hall–Kier alpha value is -1.81. The first-order valence-corrected chi connectivity index (χ1v) is 9.02. The predicted octanol–water partition coefficient (Wildman–Crippen LogP) is -0.0107. The monoisotopic (exact) mass is 345 g/mol. The zero-order valence-corrected chi connectivity index (χ0v) is 14.1. The number of hydrogen-bond donors (Lipinski definition) is 1. The lowest BCUT2D eigenvalue weighted by Gasteiger charge is -2.29. The maximum absolute atomic E-state index is 13.7. The van der Waals surface area contributed by atoms with Crippen molar-refractivity contribution < 1.29 is 17.6 Å². The lowest BCUT2D eigenvalue weighted by atomic mass is 9.99. The fourth-order valence-corrected chi connectivity index (χ4v) is 3.41. The number of carbonyl (C=O) groups is 1. The normalized spacial score (nSPS) is 20.1. The van der Waals surface area contributed by atoms with Crippen molar-refractivity contribution in [1.29, 1.82) is 0 Å². The number of hydrogen-bond acceptors (Lipinski definition) is 5. The van der Waals surface area contributed by atoms with Gasteiger partial charge >= 0.3 is 0 Å². The summed E-state index contributed by atoms with van der Waals surface area (Å²) in [6.07, 6.45) is 3.53. The maximum atomic E-state index is 13.7. The fraction of sp³-hybridized carbons (Fsp3) is 0.615. The van der Waals surface area contributed by atoms with Crippen molar-refractivity contribution in [2.45, 2.75) is 19.8 Å². The highest BCUT2D eigenvalue weighted by Crippen LogP contribution is 2.18. The molecule has 2 heterocycles. The van der Waals surface area contributed by atoms with E-state index >= 15 is 0 Å². The summed E-state index contributed by atoms with van der Waals surface area (Å²) in [5.41, 5.74) is 3.01. The molecule has 1 aliphatic heterocycles. The number of aromatic nitrogens is 2. The highest BCUT2D eigenvalue weighted by atomic mass is 32.2. The van der Waals surface area contributed by atoms with E-state index in [1.807, 2.05) is 0 Å². The first kappa shape index (κ1) is 17.5. The number of piperidine rings is 1. The Kier molecular flexibility index (Phi) is 5.15. The van der Waals surface area contributed by atoms with Crippen molar-refractivity contribution in [3.05, 3.63) is 17.2 Å². The summed E-state index contributed by atoms with van der Waals surface area (Å²) in [6, 6.07) is 0. The third-order valence-electron chi connectivity index (χ3n) is 3.79. The number of hydrazone groups is 1. The molecule has 0 spiro atoms. The molecule has 1 fully saturated rings. The number of rotatable bonds is 4. The van der Waals surface area contributed by atoms with Crippen LogP contribution in [0.3, 0.4) is 0 Å². The van der Waals surface area contributed by atoms with Gasteiger partial charge in [-0.25, -0.2) is 22.8 Å². The second-order valence-corrected chi connectivity index (χ2v) is 7.59. The summed E-state index contributed by atoms with van der Waals surface area (Å²) in [7, 11) is -1.84. The SMILES string of the molecule is Cc1nn(C)c(F)c1C=NNC(=O)C1CCCN(S(C)(=O)=O)C1. The molecule has 23 heavy (non-hydrogen) atoms. The molecule has 0 aliphatic carbocycles. The van der Waals surface area contributed by atoms with Crippen LogP contribution in [0.1, 0.15) is 24.1 Å². The molecule has 1 aliphatic rings. The van der Waals surface area contributed by atoms with Crippen LogP contribution in [-0.4, -0.2) is 54.0 Å². The lowest BCUT2D eigenvalue weighted by Crippen LogP contribution is -2.44. The van der Waals surface area contributed by atoms with Gasteiger partial charge < -0.3 is 0 Å². The van der Waals surface area contributed by atoms with E-state index in [0.717, 1.165) is 10.9 Å². The van der Waals surface area contributed by atoms with E-state index in [2.05, 4.69) is 15.6 Å². The zero-order valence-electron chi connectivity index (χ0n) is 13.3. The molecule has 0 saturated carbocycles. The van der Waals surface area contributed by atoms with Crippen LogP contribution in [0.2, 0.25) is 0 Å². The third-order valence-corrected chi connectivity index (χ3v) is 5.06. The Morgan fingerprint density at radius 1 is 1.52 bits per heavy atom. The molecule has 128 valence electrons. The van der Waals surface area contributed by atoms with E-state index in [-0.39, 0.29) is 18.0 Å². The van der Waals surface area contributed by atoms with Crippen LogP contribution in [0, 0.1) is 18.8 Å². The number of sulfonamides is 1. The minimum absolute atomic E-state index is 0.139. The van der Waals surface area contributed by atoms with Crippen molar-refractivity contribution in [3.8, 4) is 0 Å². The Bertz CT molecular complexity index is 728. The highest BCUT2D eigenvalue weighted by molar-refractivity contribution is 7.88. The van der Waals surface area contributed by atoms with Gasteiger partial charge in [-0.05, 0) is 19.8 Å². The third kappa shape index (κ3) is 4.14. The van der Waals surface area contributed by atoms with Gasteiger partial charge in [0.05, 0.1) is 29.6 Å². The molecule has 1 unspecified atom stereocenters. The minimum Gasteiger partial charge on any atom is -0.273 e. The first-order chi connectivity index (χ1) is 10.7. The molecule has 1 atom stereocenters. The first-order valence-electron chi connectivity index (χ1n) is 7.17. The molecule has 1 saturated heterocycles. The van der Waals surface area contributed by atoms with Gasteiger partial charge in [0.1, 0.15) is 0 Å². The fourth-order valence-electron chi connectivity index (χ4n) is 2.50. The van der Waals surface area contributed by atoms with Crippen molar-refractivity contribution in [1.82, 2.24) is 19.5 Å². The molecule has 1 aromatic heterocycles. The number of carbonyl (C=O) groups excluding carboxylic acids is 1. The van der Waals surface area contributed by atoms with Gasteiger partial charge in [0.15, 0.2) is 0 Å². The van der Waals surface area contributed by atoms with E-state index in [0.29, 0.717) is 25.1 Å². The van der Waals surface area contributed by atoms with Gasteiger partial charge in [-0.3, -0.25) is 4.79 Å². The smallest absolute Gasteiger partial charge is 0.244 e. The van der Waals surface area contributed by atoms with Crippen LogP contribution in [0.4, 0.5) is 4.39 Å². The van der Waals surface area contributed by atoms with Gasteiger partial charge in [0.2, 0.25) is 21.9 Å². The summed E-state index contributed by atoms with van der Waals surface area (Å²) < 4.78 is 39.2. The minimum atomic E-state index is -3.31. The highest BCUT2D eigenvalue weighted by Gasteiger charge is 2.30. The molecule has 2 rings (SSSR count). The average molecular weight is 345 g/mol. The van der Waals surface area contributed by atoms with E-state index in [1.165, 1.54) is 17.6 Å². The van der Waals surface area contributed by atoms with Gasteiger partial charge in [-0.1, -0.05) is 0 Å². The Labute approximate surface area is 134 Å². The molecule has 10 heteroatoms. The lowest BCUT2D eigenvalue weighted by molar-refractivity contribution is -0.126. The van der Waals surface area contributed by atoms with E-state index in [4.69, 9.17) is 0 Å². The van der Waals surface area contributed by atoms with Crippen LogP contribution < -0.4 is 5.43 Å². The summed E-state index contributed by atoms with van der Waals surface area (Å²) in [5.74, 6) is -1.38. The van der Waals surface area contributed by atoms with Crippen molar-refractivity contribution in [2.24, 2.45) is 18.1 Å². The number of halogens is 1. The molecular weight excluding hydrogens is 325 g/mol. The molecule has 1 N–H and O–H groups in total. The molecule has 0 bridgehead atoms. The van der Waals surface area contributed by atoms with E-state index in [9.17, 15) is 17.6 Å². The molecule has 0 radical (unpaired) electrons. The van der Waals surface area contributed by atoms with Crippen molar-refractivity contribution in [2.75, 3.05) is 19.3 Å².